The first-order valence-corrected chi connectivity index (χ1v) is 14.2. The summed E-state index contributed by atoms with van der Waals surface area (Å²) in [4.78, 5) is 29.6. The van der Waals surface area contributed by atoms with Crippen molar-refractivity contribution < 1.29 is 9.53 Å². The second kappa shape index (κ2) is 12.1. The van der Waals surface area contributed by atoms with Crippen LogP contribution < -0.4 is 10.9 Å². The van der Waals surface area contributed by atoms with Crippen LogP contribution in [0.15, 0.2) is 90.0 Å². The maximum absolute atomic E-state index is 13.1. The number of nitrogens with zero attached hydrogens (tertiary/aromatic N) is 4. The lowest BCUT2D eigenvalue weighted by Crippen LogP contribution is -2.24. The highest BCUT2D eigenvalue weighted by atomic mass is 35.5. The Morgan fingerprint density at radius 2 is 1.88 bits per heavy atom. The van der Waals surface area contributed by atoms with E-state index >= 15 is 0 Å². The molecule has 8 nitrogen and oxygen atoms in total. The summed E-state index contributed by atoms with van der Waals surface area (Å²) in [5, 5.41) is 9.36. The van der Waals surface area contributed by atoms with Gasteiger partial charge < -0.3 is 14.6 Å². The molecule has 0 aliphatic carbocycles. The fourth-order valence-electron chi connectivity index (χ4n) is 5.19. The van der Waals surface area contributed by atoms with Gasteiger partial charge in [-0.2, -0.15) is 5.10 Å². The molecule has 1 atom stereocenters. The number of carbonyl (C=O) groups is 1. The standard InChI is InChI=1S/C32H30ClN5O3/c33-25-11-12-29-27(19-25)28(36-38(29)31-6-2-4-16-41-31)20-35-32(40)24-13-14-34-26(18-24)17-22-7-9-23(10-8-22)21-37-15-3-1-5-30(37)39/h1,3,5,7-15,18-19,31H,2,4,6,16-17,20-21H2,(H,35,40). The third-order valence-corrected chi connectivity index (χ3v) is 7.56. The van der Waals surface area contributed by atoms with E-state index < -0.39 is 0 Å². The molecule has 5 aromatic rings. The maximum atomic E-state index is 13.1. The van der Waals surface area contributed by atoms with Crippen LogP contribution >= 0.6 is 11.6 Å². The van der Waals surface area contributed by atoms with Crippen LogP contribution in [0.4, 0.5) is 0 Å². The number of aromatic nitrogens is 4. The quantitative estimate of drug-likeness (QED) is 0.267. The largest absolute Gasteiger partial charge is 0.356 e. The van der Waals surface area contributed by atoms with Gasteiger partial charge in [-0.15, -0.1) is 0 Å². The predicted octanol–water partition coefficient (Wildman–Crippen LogP) is 5.51. The molecule has 1 N–H and O–H groups in total. The minimum Gasteiger partial charge on any atom is -0.356 e. The predicted molar refractivity (Wildman–Crippen MR) is 158 cm³/mol. The van der Waals surface area contributed by atoms with Crippen molar-refractivity contribution in [2.24, 2.45) is 0 Å². The smallest absolute Gasteiger partial charge is 0.251 e. The van der Waals surface area contributed by atoms with Crippen molar-refractivity contribution in [2.45, 2.75) is 45.0 Å². The van der Waals surface area contributed by atoms with E-state index in [1.807, 2.05) is 59.3 Å². The van der Waals surface area contributed by atoms with E-state index in [1.165, 1.54) is 0 Å². The second-order valence-corrected chi connectivity index (χ2v) is 10.7. The first-order valence-electron chi connectivity index (χ1n) is 13.8. The number of pyridine rings is 2. The van der Waals surface area contributed by atoms with Gasteiger partial charge in [0.1, 0.15) is 0 Å². The Morgan fingerprint density at radius 1 is 1.02 bits per heavy atom. The van der Waals surface area contributed by atoms with Gasteiger partial charge in [-0.25, -0.2) is 4.68 Å². The summed E-state index contributed by atoms with van der Waals surface area (Å²) in [6, 6.07) is 22.4. The molecule has 0 spiro atoms. The molecule has 3 aromatic heterocycles. The number of hydrogen-bond acceptors (Lipinski definition) is 5. The zero-order chi connectivity index (χ0) is 28.2. The number of halogens is 1. The molecule has 0 bridgehead atoms. The summed E-state index contributed by atoms with van der Waals surface area (Å²) in [6.45, 7) is 1.50. The Balaban J connectivity index is 1.13. The molecule has 41 heavy (non-hydrogen) atoms. The molecule has 2 aromatic carbocycles. The lowest BCUT2D eigenvalue weighted by Gasteiger charge is -2.23. The Morgan fingerprint density at radius 3 is 2.68 bits per heavy atom. The number of ether oxygens (including phenoxy) is 1. The third-order valence-electron chi connectivity index (χ3n) is 7.33. The topological polar surface area (TPSA) is 91.0 Å². The Kier molecular flexibility index (Phi) is 7.93. The highest BCUT2D eigenvalue weighted by molar-refractivity contribution is 6.31. The van der Waals surface area contributed by atoms with Gasteiger partial charge in [0.25, 0.3) is 11.5 Å². The average molecular weight is 568 g/mol. The number of hydrogen-bond donors (Lipinski definition) is 1. The van der Waals surface area contributed by atoms with Crippen LogP contribution in [0.1, 0.15) is 58.4 Å². The summed E-state index contributed by atoms with van der Waals surface area (Å²) in [5.41, 5.74) is 5.09. The van der Waals surface area contributed by atoms with Crippen LogP contribution in [-0.4, -0.2) is 31.8 Å². The first-order chi connectivity index (χ1) is 20.0. The molecule has 208 valence electrons. The lowest BCUT2D eigenvalue weighted by atomic mass is 10.1. The van der Waals surface area contributed by atoms with E-state index in [0.29, 0.717) is 23.6 Å². The first kappa shape index (κ1) is 26.9. The maximum Gasteiger partial charge on any atom is 0.251 e. The van der Waals surface area contributed by atoms with Crippen molar-refractivity contribution in [2.75, 3.05) is 6.61 Å². The Labute approximate surface area is 242 Å². The van der Waals surface area contributed by atoms with E-state index in [-0.39, 0.29) is 24.2 Å². The molecule has 1 fully saturated rings. The summed E-state index contributed by atoms with van der Waals surface area (Å²) < 4.78 is 9.56. The average Bonchev–Trinajstić information content (AvgIpc) is 3.36. The SMILES string of the molecule is O=C(NCc1nn(C2CCCCO2)c2ccc(Cl)cc12)c1ccnc(Cc2ccc(Cn3ccccc3=O)cc2)c1. The number of fused-ring (bicyclic) bond motifs is 1. The van der Waals surface area contributed by atoms with Crippen LogP contribution in [0.3, 0.4) is 0 Å². The molecule has 1 unspecified atom stereocenters. The molecule has 0 radical (unpaired) electrons. The van der Waals surface area contributed by atoms with Crippen molar-refractivity contribution in [3.63, 3.8) is 0 Å². The molecular formula is C32H30ClN5O3. The summed E-state index contributed by atoms with van der Waals surface area (Å²) in [6.07, 6.45) is 6.96. The molecule has 0 saturated carbocycles. The molecule has 1 aliphatic heterocycles. The fourth-order valence-corrected chi connectivity index (χ4v) is 5.36. The van der Waals surface area contributed by atoms with Gasteiger partial charge in [0.15, 0.2) is 6.23 Å². The third kappa shape index (κ3) is 6.24. The lowest BCUT2D eigenvalue weighted by molar-refractivity contribution is -0.0369. The summed E-state index contributed by atoms with van der Waals surface area (Å²) in [5.74, 6) is -0.198. The molecule has 1 saturated heterocycles. The van der Waals surface area contributed by atoms with Gasteiger partial charge in [-0.3, -0.25) is 14.6 Å². The van der Waals surface area contributed by atoms with Crippen molar-refractivity contribution in [3.05, 3.63) is 129 Å². The van der Waals surface area contributed by atoms with Gasteiger partial charge in [0.05, 0.1) is 24.3 Å². The minimum atomic E-state index is -0.198. The molecule has 4 heterocycles. The number of carbonyl (C=O) groups excluding carboxylic acids is 1. The molecule has 1 aliphatic rings. The van der Waals surface area contributed by atoms with Gasteiger partial charge in [0.2, 0.25) is 0 Å². The van der Waals surface area contributed by atoms with Crippen molar-refractivity contribution >= 4 is 28.4 Å². The molecule has 9 heteroatoms. The van der Waals surface area contributed by atoms with Crippen molar-refractivity contribution in [1.29, 1.82) is 0 Å². The van der Waals surface area contributed by atoms with Crippen molar-refractivity contribution in [3.8, 4) is 0 Å². The number of rotatable bonds is 8. The van der Waals surface area contributed by atoms with Crippen molar-refractivity contribution in [1.82, 2.24) is 24.6 Å². The zero-order valence-electron chi connectivity index (χ0n) is 22.5. The number of benzene rings is 2. The molecule has 6 rings (SSSR count). The van der Waals surface area contributed by atoms with Crippen LogP contribution in [-0.2, 0) is 24.2 Å². The number of nitrogens with one attached hydrogen (secondary N) is 1. The normalized spacial score (nSPS) is 15.2. The Bertz CT molecular complexity index is 1740. The van der Waals surface area contributed by atoms with Gasteiger partial charge in [-0.05, 0) is 66.8 Å². The molecule has 1 amide bonds. The second-order valence-electron chi connectivity index (χ2n) is 10.3. The highest BCUT2D eigenvalue weighted by Crippen LogP contribution is 2.29. The minimum absolute atomic E-state index is 0.0283. The van der Waals surface area contributed by atoms with E-state index in [0.717, 1.165) is 59.3 Å². The van der Waals surface area contributed by atoms with E-state index in [4.69, 9.17) is 21.4 Å². The monoisotopic (exact) mass is 567 g/mol. The van der Waals surface area contributed by atoms with E-state index in [2.05, 4.69) is 10.3 Å². The van der Waals surface area contributed by atoms with Crippen LogP contribution in [0.2, 0.25) is 5.02 Å². The highest BCUT2D eigenvalue weighted by Gasteiger charge is 2.21. The van der Waals surface area contributed by atoms with Crippen LogP contribution in [0.5, 0.6) is 0 Å². The fraction of sp³-hybridized carbons (Fsp3) is 0.250. The van der Waals surface area contributed by atoms with E-state index in [9.17, 15) is 9.59 Å². The number of amides is 1. The van der Waals surface area contributed by atoms with Gasteiger partial charge in [-0.1, -0.05) is 41.9 Å². The van der Waals surface area contributed by atoms with Crippen LogP contribution in [0, 0.1) is 0 Å². The summed E-state index contributed by atoms with van der Waals surface area (Å²) in [7, 11) is 0. The van der Waals surface area contributed by atoms with Gasteiger partial charge in [0, 0.05) is 53.2 Å². The van der Waals surface area contributed by atoms with Gasteiger partial charge >= 0.3 is 0 Å². The summed E-state index contributed by atoms with van der Waals surface area (Å²) >= 11 is 6.30. The zero-order valence-corrected chi connectivity index (χ0v) is 23.3. The molecular weight excluding hydrogens is 538 g/mol. The van der Waals surface area contributed by atoms with E-state index in [1.54, 1.807) is 35.2 Å². The van der Waals surface area contributed by atoms with Crippen LogP contribution in [0.25, 0.3) is 10.9 Å². The Hall–Kier alpha value is -4.27.